The highest BCUT2D eigenvalue weighted by Gasteiger charge is 2.24. The Morgan fingerprint density at radius 2 is 1.89 bits per heavy atom. The van der Waals surface area contributed by atoms with Crippen molar-refractivity contribution >= 4 is 15.9 Å². The zero-order chi connectivity index (χ0) is 14.0. The monoisotopic (exact) mass is 330 g/mol. The first-order valence-corrected chi connectivity index (χ1v) is 6.25. The van der Waals surface area contributed by atoms with Gasteiger partial charge in [0.1, 0.15) is 17.5 Å². The third kappa shape index (κ3) is 2.64. The normalized spacial score (nSPS) is 12.5. The molecule has 6 heteroatoms. The van der Waals surface area contributed by atoms with Gasteiger partial charge in [0.05, 0.1) is 16.7 Å². The van der Waals surface area contributed by atoms with E-state index < -0.39 is 23.5 Å². The fourth-order valence-electron chi connectivity index (χ4n) is 1.88. The van der Waals surface area contributed by atoms with E-state index in [4.69, 9.17) is 0 Å². The summed E-state index contributed by atoms with van der Waals surface area (Å²) in [6.07, 6.45) is 2.38. The van der Waals surface area contributed by atoms with Crippen LogP contribution in [0.2, 0.25) is 0 Å². The predicted octanol–water partition coefficient (Wildman–Crippen LogP) is 3.57. The number of rotatable bonds is 3. The van der Waals surface area contributed by atoms with Crippen molar-refractivity contribution in [3.05, 3.63) is 63.6 Å². The topological polar surface area (TPSA) is 24.9 Å². The van der Waals surface area contributed by atoms with Gasteiger partial charge in [-0.05, 0) is 41.2 Å². The molecule has 0 fully saturated rings. The maximum absolute atomic E-state index is 14.1. The molecule has 0 amide bonds. The van der Waals surface area contributed by atoms with Gasteiger partial charge >= 0.3 is 0 Å². The van der Waals surface area contributed by atoms with Crippen LogP contribution in [-0.4, -0.2) is 12.0 Å². The average Bonchev–Trinajstić information content (AvgIpc) is 2.40. The second-order valence-electron chi connectivity index (χ2n) is 3.88. The Balaban J connectivity index is 2.61. The molecule has 1 atom stereocenters. The van der Waals surface area contributed by atoms with Crippen LogP contribution in [0.15, 0.2) is 35.1 Å². The van der Waals surface area contributed by atoms with Crippen LogP contribution in [0.5, 0.6) is 0 Å². The van der Waals surface area contributed by atoms with Crippen molar-refractivity contribution < 1.29 is 13.2 Å². The summed E-state index contributed by atoms with van der Waals surface area (Å²) in [6.45, 7) is 0. The number of nitrogens with zero attached hydrogens (tertiary/aromatic N) is 1. The Hall–Kier alpha value is -1.40. The maximum atomic E-state index is 14.1. The first-order valence-electron chi connectivity index (χ1n) is 5.46. The lowest BCUT2D eigenvalue weighted by molar-refractivity contribution is 0.504. The van der Waals surface area contributed by atoms with E-state index in [0.717, 1.165) is 12.3 Å². The highest BCUT2D eigenvalue weighted by atomic mass is 79.9. The van der Waals surface area contributed by atoms with Crippen molar-refractivity contribution in [3.63, 3.8) is 0 Å². The third-order valence-corrected chi connectivity index (χ3v) is 3.38. The van der Waals surface area contributed by atoms with E-state index in [-0.39, 0.29) is 15.6 Å². The number of hydrogen-bond donors (Lipinski definition) is 1. The number of hydrogen-bond acceptors (Lipinski definition) is 2. The van der Waals surface area contributed by atoms with Gasteiger partial charge in [0, 0.05) is 17.3 Å². The summed E-state index contributed by atoms with van der Waals surface area (Å²) in [4.78, 5) is 3.62. The molecule has 1 aromatic carbocycles. The molecule has 1 heterocycles. The van der Waals surface area contributed by atoms with Crippen molar-refractivity contribution in [2.45, 2.75) is 6.04 Å². The summed E-state index contributed by atoms with van der Waals surface area (Å²) in [5, 5.41) is 2.72. The summed E-state index contributed by atoms with van der Waals surface area (Å²) in [5.74, 6) is -2.12. The molecule has 0 aliphatic rings. The van der Waals surface area contributed by atoms with E-state index in [9.17, 15) is 13.2 Å². The Bertz CT molecular complexity index is 604. The summed E-state index contributed by atoms with van der Waals surface area (Å²) >= 11 is 2.99. The quantitative estimate of drug-likeness (QED) is 0.870. The molecular weight excluding hydrogens is 321 g/mol. The predicted molar refractivity (Wildman–Crippen MR) is 69.2 cm³/mol. The molecule has 100 valence electrons. The van der Waals surface area contributed by atoms with Gasteiger partial charge in [-0.1, -0.05) is 0 Å². The number of nitrogens with one attached hydrogen (secondary N) is 1. The summed E-state index contributed by atoms with van der Waals surface area (Å²) in [5.41, 5.74) is -0.102. The van der Waals surface area contributed by atoms with Gasteiger partial charge in [-0.3, -0.25) is 4.98 Å². The zero-order valence-corrected chi connectivity index (χ0v) is 11.5. The lowest BCUT2D eigenvalue weighted by Gasteiger charge is -2.19. The lowest BCUT2D eigenvalue weighted by atomic mass is 9.98. The van der Waals surface area contributed by atoms with E-state index >= 15 is 0 Å². The average molecular weight is 331 g/mol. The van der Waals surface area contributed by atoms with Crippen molar-refractivity contribution in [1.82, 2.24) is 10.3 Å². The van der Waals surface area contributed by atoms with Crippen LogP contribution < -0.4 is 5.32 Å². The fraction of sp³-hybridized carbons (Fsp3) is 0.154. The minimum absolute atomic E-state index is 0.124. The molecule has 0 bridgehead atoms. The molecule has 0 spiro atoms. The molecule has 1 N–H and O–H groups in total. The van der Waals surface area contributed by atoms with Gasteiger partial charge in [0.15, 0.2) is 0 Å². The standard InChI is InChI=1S/C13H10BrF3N2/c1-18-13(7-4-5-19-6-10(7)16)11-9(15)3-2-8(14)12(11)17/h2-6,13,18H,1H3. The van der Waals surface area contributed by atoms with Crippen LogP contribution in [0.3, 0.4) is 0 Å². The van der Waals surface area contributed by atoms with Gasteiger partial charge in [0.2, 0.25) is 0 Å². The Kier molecular flexibility index (Phi) is 4.21. The molecule has 0 aliphatic heterocycles. The molecule has 0 aliphatic carbocycles. The van der Waals surface area contributed by atoms with E-state index in [2.05, 4.69) is 26.2 Å². The number of halogens is 4. The Morgan fingerprint density at radius 3 is 2.53 bits per heavy atom. The Morgan fingerprint density at radius 1 is 1.16 bits per heavy atom. The van der Waals surface area contributed by atoms with Crippen LogP contribution in [0.25, 0.3) is 0 Å². The molecule has 0 saturated heterocycles. The molecule has 1 aromatic heterocycles. The highest BCUT2D eigenvalue weighted by molar-refractivity contribution is 9.10. The van der Waals surface area contributed by atoms with Crippen molar-refractivity contribution in [2.24, 2.45) is 0 Å². The number of benzene rings is 1. The Labute approximate surface area is 116 Å². The number of aromatic nitrogens is 1. The molecule has 0 saturated carbocycles. The zero-order valence-electron chi connectivity index (χ0n) is 9.92. The van der Waals surface area contributed by atoms with Crippen LogP contribution >= 0.6 is 15.9 Å². The minimum Gasteiger partial charge on any atom is -0.309 e. The van der Waals surface area contributed by atoms with Crippen LogP contribution in [0.1, 0.15) is 17.2 Å². The number of pyridine rings is 1. The SMILES string of the molecule is CNC(c1ccncc1F)c1c(F)ccc(Br)c1F. The molecule has 2 aromatic rings. The van der Waals surface area contributed by atoms with Gasteiger partial charge in [-0.15, -0.1) is 0 Å². The maximum Gasteiger partial charge on any atom is 0.146 e. The van der Waals surface area contributed by atoms with Crippen molar-refractivity contribution in [3.8, 4) is 0 Å². The first-order chi connectivity index (χ1) is 9.06. The van der Waals surface area contributed by atoms with Gasteiger partial charge in [-0.25, -0.2) is 13.2 Å². The fourth-order valence-corrected chi connectivity index (χ4v) is 2.23. The lowest BCUT2D eigenvalue weighted by Crippen LogP contribution is -2.22. The molecule has 2 rings (SSSR count). The summed E-state index contributed by atoms with van der Waals surface area (Å²) in [7, 11) is 1.50. The smallest absolute Gasteiger partial charge is 0.146 e. The molecule has 0 radical (unpaired) electrons. The highest BCUT2D eigenvalue weighted by Crippen LogP contribution is 2.31. The minimum atomic E-state index is -0.930. The molecular formula is C13H10BrF3N2. The van der Waals surface area contributed by atoms with Crippen molar-refractivity contribution in [1.29, 1.82) is 0 Å². The molecule has 1 unspecified atom stereocenters. The second-order valence-corrected chi connectivity index (χ2v) is 4.73. The molecule has 2 nitrogen and oxygen atoms in total. The van der Waals surface area contributed by atoms with E-state index in [1.165, 1.54) is 25.4 Å². The molecule has 19 heavy (non-hydrogen) atoms. The third-order valence-electron chi connectivity index (χ3n) is 2.77. The summed E-state index contributed by atoms with van der Waals surface area (Å²) < 4.78 is 41.7. The first kappa shape index (κ1) is 14.0. The van der Waals surface area contributed by atoms with Crippen LogP contribution in [0.4, 0.5) is 13.2 Å². The van der Waals surface area contributed by atoms with Crippen LogP contribution in [-0.2, 0) is 0 Å². The van der Waals surface area contributed by atoms with Crippen molar-refractivity contribution in [2.75, 3.05) is 7.05 Å². The second kappa shape index (κ2) is 5.71. The van der Waals surface area contributed by atoms with E-state index in [1.54, 1.807) is 0 Å². The van der Waals surface area contributed by atoms with E-state index in [0.29, 0.717) is 0 Å². The summed E-state index contributed by atoms with van der Waals surface area (Å²) in [6, 6.07) is 2.85. The van der Waals surface area contributed by atoms with Gasteiger partial charge in [0.25, 0.3) is 0 Å². The van der Waals surface area contributed by atoms with Gasteiger partial charge in [-0.2, -0.15) is 0 Å². The van der Waals surface area contributed by atoms with E-state index in [1.807, 2.05) is 0 Å². The van der Waals surface area contributed by atoms with Gasteiger partial charge < -0.3 is 5.32 Å². The largest absolute Gasteiger partial charge is 0.309 e. The van der Waals surface area contributed by atoms with Crippen LogP contribution in [0, 0.1) is 17.5 Å².